The topological polar surface area (TPSA) is 89.2 Å². The SMILES string of the molecule is CC(C)(C)OC(=O)C(N)c1ccc(CC#N)o1. The maximum absolute atomic E-state index is 11.7. The second-order valence-corrected chi connectivity index (χ2v) is 4.65. The van der Waals surface area contributed by atoms with Gasteiger partial charge < -0.3 is 14.9 Å². The Morgan fingerprint density at radius 2 is 2.24 bits per heavy atom. The molecule has 1 unspecified atom stereocenters. The number of nitrogens with two attached hydrogens (primary N) is 1. The molecule has 0 spiro atoms. The first kappa shape index (κ1) is 13.3. The van der Waals surface area contributed by atoms with Crippen LogP contribution in [-0.2, 0) is 16.0 Å². The monoisotopic (exact) mass is 236 g/mol. The average Bonchev–Trinajstić information content (AvgIpc) is 2.63. The largest absolute Gasteiger partial charge is 0.463 e. The number of nitrogens with zero attached hydrogens (tertiary/aromatic N) is 1. The summed E-state index contributed by atoms with van der Waals surface area (Å²) in [5, 5.41) is 8.50. The van der Waals surface area contributed by atoms with Crippen LogP contribution in [0.15, 0.2) is 16.5 Å². The van der Waals surface area contributed by atoms with Crippen molar-refractivity contribution in [3.05, 3.63) is 23.7 Å². The molecule has 2 N–H and O–H groups in total. The molecule has 0 aromatic carbocycles. The third-order valence-electron chi connectivity index (χ3n) is 1.90. The molecule has 0 fully saturated rings. The lowest BCUT2D eigenvalue weighted by Crippen LogP contribution is -2.31. The summed E-state index contributed by atoms with van der Waals surface area (Å²) in [4.78, 5) is 11.7. The van der Waals surface area contributed by atoms with Crippen molar-refractivity contribution in [1.29, 1.82) is 5.26 Å². The van der Waals surface area contributed by atoms with Gasteiger partial charge in [0.05, 0.1) is 12.5 Å². The Morgan fingerprint density at radius 1 is 1.59 bits per heavy atom. The molecule has 17 heavy (non-hydrogen) atoms. The Hall–Kier alpha value is -1.80. The van der Waals surface area contributed by atoms with Gasteiger partial charge in [-0.2, -0.15) is 5.26 Å². The van der Waals surface area contributed by atoms with Crippen molar-refractivity contribution in [2.75, 3.05) is 0 Å². The fraction of sp³-hybridized carbons (Fsp3) is 0.500. The number of esters is 1. The fourth-order valence-corrected chi connectivity index (χ4v) is 1.22. The highest BCUT2D eigenvalue weighted by Crippen LogP contribution is 2.19. The highest BCUT2D eigenvalue weighted by atomic mass is 16.6. The van der Waals surface area contributed by atoms with E-state index in [1.807, 2.05) is 6.07 Å². The van der Waals surface area contributed by atoms with Crippen molar-refractivity contribution < 1.29 is 13.9 Å². The third kappa shape index (κ3) is 3.93. The van der Waals surface area contributed by atoms with Crippen LogP contribution in [0.4, 0.5) is 0 Å². The lowest BCUT2D eigenvalue weighted by Gasteiger charge is -2.21. The Labute approximate surface area is 100 Å². The number of carbonyl (C=O) groups is 1. The maximum atomic E-state index is 11.7. The normalized spacial score (nSPS) is 12.9. The van der Waals surface area contributed by atoms with E-state index in [-0.39, 0.29) is 6.42 Å². The molecule has 0 radical (unpaired) electrons. The van der Waals surface area contributed by atoms with Crippen molar-refractivity contribution in [3.8, 4) is 6.07 Å². The number of carbonyl (C=O) groups excluding carboxylic acids is 1. The first-order valence-corrected chi connectivity index (χ1v) is 5.27. The van der Waals surface area contributed by atoms with Crippen molar-refractivity contribution in [3.63, 3.8) is 0 Å². The van der Waals surface area contributed by atoms with Crippen LogP contribution < -0.4 is 5.73 Å². The van der Waals surface area contributed by atoms with E-state index in [4.69, 9.17) is 20.1 Å². The molecule has 5 nitrogen and oxygen atoms in total. The molecule has 0 saturated heterocycles. The highest BCUT2D eigenvalue weighted by molar-refractivity contribution is 5.76. The van der Waals surface area contributed by atoms with Crippen molar-refractivity contribution in [1.82, 2.24) is 0 Å². The molecule has 0 aliphatic heterocycles. The Bertz CT molecular complexity index is 437. The maximum Gasteiger partial charge on any atom is 0.331 e. The summed E-state index contributed by atoms with van der Waals surface area (Å²) in [7, 11) is 0. The van der Waals surface area contributed by atoms with Crippen LogP contribution in [0.2, 0.25) is 0 Å². The lowest BCUT2D eigenvalue weighted by atomic mass is 10.2. The van der Waals surface area contributed by atoms with Crippen molar-refractivity contribution in [2.24, 2.45) is 5.73 Å². The first-order valence-electron chi connectivity index (χ1n) is 5.27. The molecule has 1 rings (SSSR count). The van der Waals surface area contributed by atoms with Gasteiger partial charge in [-0.15, -0.1) is 0 Å². The summed E-state index contributed by atoms with van der Waals surface area (Å²) in [6, 6.07) is 4.21. The van der Waals surface area contributed by atoms with Gasteiger partial charge >= 0.3 is 5.97 Å². The van der Waals surface area contributed by atoms with E-state index in [2.05, 4.69) is 0 Å². The molecule has 92 valence electrons. The van der Waals surface area contributed by atoms with Crippen LogP contribution in [-0.4, -0.2) is 11.6 Å². The fourth-order valence-electron chi connectivity index (χ4n) is 1.22. The van der Waals surface area contributed by atoms with Crippen LogP contribution in [0.5, 0.6) is 0 Å². The molecule has 0 aliphatic carbocycles. The molecular weight excluding hydrogens is 220 g/mol. The van der Waals surface area contributed by atoms with Crippen LogP contribution in [0.3, 0.4) is 0 Å². The van der Waals surface area contributed by atoms with E-state index in [9.17, 15) is 4.79 Å². The van der Waals surface area contributed by atoms with Gasteiger partial charge in [-0.05, 0) is 32.9 Å². The van der Waals surface area contributed by atoms with Crippen LogP contribution in [0.25, 0.3) is 0 Å². The van der Waals surface area contributed by atoms with E-state index in [0.717, 1.165) is 0 Å². The van der Waals surface area contributed by atoms with Crippen molar-refractivity contribution in [2.45, 2.75) is 38.8 Å². The minimum atomic E-state index is -0.957. The zero-order valence-electron chi connectivity index (χ0n) is 10.2. The predicted molar refractivity (Wildman–Crippen MR) is 60.8 cm³/mol. The number of furan rings is 1. The Kier molecular flexibility index (Phi) is 3.92. The molecule has 0 saturated carbocycles. The van der Waals surface area contributed by atoms with Gasteiger partial charge in [-0.25, -0.2) is 4.79 Å². The van der Waals surface area contributed by atoms with Gasteiger partial charge in [0.25, 0.3) is 0 Å². The summed E-state index contributed by atoms with van der Waals surface area (Å²) >= 11 is 0. The van der Waals surface area contributed by atoms with E-state index in [1.54, 1.807) is 32.9 Å². The summed E-state index contributed by atoms with van der Waals surface area (Å²) in [6.45, 7) is 5.29. The molecule has 1 heterocycles. The number of nitriles is 1. The molecule has 0 bridgehead atoms. The van der Waals surface area contributed by atoms with Crippen LogP contribution >= 0.6 is 0 Å². The quantitative estimate of drug-likeness (QED) is 0.806. The van der Waals surface area contributed by atoms with E-state index in [0.29, 0.717) is 11.5 Å². The number of ether oxygens (including phenoxy) is 1. The second kappa shape index (κ2) is 5.02. The summed E-state index contributed by atoms with van der Waals surface area (Å²) < 4.78 is 10.4. The summed E-state index contributed by atoms with van der Waals surface area (Å²) in [5.74, 6) is 0.251. The van der Waals surface area contributed by atoms with Gasteiger partial charge in [0.2, 0.25) is 0 Å². The molecule has 5 heteroatoms. The summed E-state index contributed by atoms with van der Waals surface area (Å²) in [6.07, 6.45) is 0.154. The van der Waals surface area contributed by atoms with Gasteiger partial charge in [0.15, 0.2) is 6.04 Å². The smallest absolute Gasteiger partial charge is 0.331 e. The van der Waals surface area contributed by atoms with Crippen molar-refractivity contribution >= 4 is 5.97 Å². The number of hydrogen-bond acceptors (Lipinski definition) is 5. The van der Waals surface area contributed by atoms with E-state index >= 15 is 0 Å². The van der Waals surface area contributed by atoms with E-state index in [1.165, 1.54) is 0 Å². The Morgan fingerprint density at radius 3 is 2.76 bits per heavy atom. The first-order chi connectivity index (χ1) is 7.83. The zero-order chi connectivity index (χ0) is 13.1. The van der Waals surface area contributed by atoms with Gasteiger partial charge in [-0.1, -0.05) is 0 Å². The van der Waals surface area contributed by atoms with Crippen LogP contribution in [0, 0.1) is 11.3 Å². The molecule has 1 aromatic rings. The average molecular weight is 236 g/mol. The molecular formula is C12H16N2O3. The van der Waals surface area contributed by atoms with E-state index < -0.39 is 17.6 Å². The molecule has 1 aromatic heterocycles. The third-order valence-corrected chi connectivity index (χ3v) is 1.90. The highest BCUT2D eigenvalue weighted by Gasteiger charge is 2.25. The predicted octanol–water partition coefficient (Wildman–Crippen LogP) is 1.69. The van der Waals surface area contributed by atoms with Gasteiger partial charge in [0.1, 0.15) is 17.1 Å². The van der Waals surface area contributed by atoms with Crippen LogP contribution in [0.1, 0.15) is 38.3 Å². The number of hydrogen-bond donors (Lipinski definition) is 1. The van der Waals surface area contributed by atoms with Gasteiger partial charge in [0, 0.05) is 0 Å². The lowest BCUT2D eigenvalue weighted by molar-refractivity contribution is -0.157. The minimum absolute atomic E-state index is 0.154. The number of rotatable bonds is 3. The molecule has 1 atom stereocenters. The standard InChI is InChI=1S/C12H16N2O3/c1-12(2,3)17-11(15)10(14)9-5-4-8(16-9)6-7-13/h4-5,10H,6,14H2,1-3H3. The van der Waals surface area contributed by atoms with Gasteiger partial charge in [-0.3, -0.25) is 0 Å². The summed E-state index contributed by atoms with van der Waals surface area (Å²) in [5.41, 5.74) is 5.12. The molecule has 0 aliphatic rings. The molecule has 0 amide bonds. The zero-order valence-corrected chi connectivity index (χ0v) is 10.2. The minimum Gasteiger partial charge on any atom is -0.463 e. The second-order valence-electron chi connectivity index (χ2n) is 4.65. The Balaban J connectivity index is 2.72.